The number of rotatable bonds is 13. The smallest absolute Gasteiger partial charge is 0.373 e. The van der Waals surface area contributed by atoms with Crippen LogP contribution in [0.4, 0.5) is 11.4 Å². The molecule has 13 heteroatoms. The Morgan fingerprint density at radius 3 is 2.22 bits per heavy atom. The van der Waals surface area contributed by atoms with Crippen LogP contribution in [0.1, 0.15) is 16.1 Å². The molecule has 0 aliphatic heterocycles. The van der Waals surface area contributed by atoms with Crippen LogP contribution >= 0.6 is 0 Å². The molecule has 41 heavy (non-hydrogen) atoms. The lowest BCUT2D eigenvalue weighted by atomic mass is 10.2. The van der Waals surface area contributed by atoms with Crippen LogP contribution in [-0.4, -0.2) is 80.6 Å². The van der Waals surface area contributed by atoms with Crippen molar-refractivity contribution in [2.24, 2.45) is 0 Å². The average Bonchev–Trinajstić information content (AvgIpc) is 3.57. The maximum absolute atomic E-state index is 12.0. The fourth-order valence-corrected chi connectivity index (χ4v) is 4.05. The number of oxazole rings is 1. The number of methoxy groups -OCH3 is 1. The van der Waals surface area contributed by atoms with Gasteiger partial charge >= 0.3 is 17.9 Å². The molecular formula is C28H29N3O10. The van der Waals surface area contributed by atoms with Crippen molar-refractivity contribution in [3.8, 4) is 23.1 Å². The van der Waals surface area contributed by atoms with Gasteiger partial charge in [0.15, 0.2) is 5.76 Å². The first-order valence-corrected chi connectivity index (χ1v) is 12.4. The van der Waals surface area contributed by atoms with E-state index in [2.05, 4.69) is 4.98 Å². The van der Waals surface area contributed by atoms with Gasteiger partial charge in [0.1, 0.15) is 43.4 Å². The predicted molar refractivity (Wildman–Crippen MR) is 147 cm³/mol. The van der Waals surface area contributed by atoms with Gasteiger partial charge in [0, 0.05) is 25.5 Å². The molecule has 0 unspecified atom stereocenters. The number of benzene rings is 2. The standard InChI is InChI=1S/C28H29N3O10/c1-16-5-6-18(30(2)14-25(32)33)21(9-16)38-7-8-39-22-10-17-11-23(27-29-13-24(41-27)28(35)36)40-20(17)12-19(22)31(3)15-26(34)37-4/h5-6,9-13H,7-8,14-15H2,1-4H3,(H,32,33)(H,35,36). The summed E-state index contributed by atoms with van der Waals surface area (Å²) in [6.45, 7) is 1.91. The van der Waals surface area contributed by atoms with Gasteiger partial charge < -0.3 is 43.1 Å². The molecule has 216 valence electrons. The Morgan fingerprint density at radius 1 is 0.902 bits per heavy atom. The maximum atomic E-state index is 12.0. The first-order chi connectivity index (χ1) is 19.5. The summed E-state index contributed by atoms with van der Waals surface area (Å²) in [6.07, 6.45) is 1.09. The minimum Gasteiger partial charge on any atom is -0.488 e. The Bertz CT molecular complexity index is 1570. The fourth-order valence-electron chi connectivity index (χ4n) is 4.05. The lowest BCUT2D eigenvalue weighted by Gasteiger charge is -2.22. The van der Waals surface area contributed by atoms with E-state index in [1.807, 2.05) is 19.1 Å². The van der Waals surface area contributed by atoms with Gasteiger partial charge in [-0.1, -0.05) is 6.07 Å². The maximum Gasteiger partial charge on any atom is 0.373 e. The summed E-state index contributed by atoms with van der Waals surface area (Å²) < 4.78 is 27.9. The van der Waals surface area contributed by atoms with Crippen LogP contribution in [0.2, 0.25) is 0 Å². The van der Waals surface area contributed by atoms with Crippen molar-refractivity contribution >= 4 is 40.3 Å². The molecule has 13 nitrogen and oxygen atoms in total. The molecule has 2 aromatic carbocycles. The molecule has 4 aromatic rings. The molecule has 0 spiro atoms. The lowest BCUT2D eigenvalue weighted by molar-refractivity contribution is -0.139. The van der Waals surface area contributed by atoms with E-state index in [0.29, 0.717) is 33.8 Å². The predicted octanol–water partition coefficient (Wildman–Crippen LogP) is 3.68. The fraction of sp³-hybridized carbons (Fsp3) is 0.286. The van der Waals surface area contributed by atoms with Crippen molar-refractivity contribution < 1.29 is 47.6 Å². The van der Waals surface area contributed by atoms with Crippen LogP contribution in [0.15, 0.2) is 51.4 Å². The second kappa shape index (κ2) is 12.3. The number of aromatic carboxylic acids is 1. The number of furan rings is 1. The molecule has 0 atom stereocenters. The number of aryl methyl sites for hydroxylation is 1. The highest BCUT2D eigenvalue weighted by atomic mass is 16.5. The molecule has 4 rings (SSSR count). The normalized spacial score (nSPS) is 10.8. The minimum absolute atomic E-state index is 0.000702. The summed E-state index contributed by atoms with van der Waals surface area (Å²) in [5.41, 5.74) is 2.53. The summed E-state index contributed by atoms with van der Waals surface area (Å²) in [5.74, 6) is -1.85. The zero-order chi connectivity index (χ0) is 29.7. The van der Waals surface area contributed by atoms with Crippen molar-refractivity contribution in [2.45, 2.75) is 6.92 Å². The van der Waals surface area contributed by atoms with E-state index in [1.165, 1.54) is 7.11 Å². The quantitative estimate of drug-likeness (QED) is 0.178. The van der Waals surface area contributed by atoms with Gasteiger partial charge in [-0.2, -0.15) is 0 Å². The van der Waals surface area contributed by atoms with E-state index in [9.17, 15) is 14.4 Å². The van der Waals surface area contributed by atoms with Crippen molar-refractivity contribution in [2.75, 3.05) is 57.3 Å². The van der Waals surface area contributed by atoms with Gasteiger partial charge in [-0.15, -0.1) is 0 Å². The third kappa shape index (κ3) is 6.87. The average molecular weight is 568 g/mol. The second-order valence-corrected chi connectivity index (χ2v) is 9.15. The minimum atomic E-state index is -1.25. The number of carbonyl (C=O) groups excluding carboxylic acids is 1. The Hall–Kier alpha value is -5.20. The first-order valence-electron chi connectivity index (χ1n) is 12.4. The number of fused-ring (bicyclic) bond motifs is 1. The highest BCUT2D eigenvalue weighted by molar-refractivity contribution is 5.89. The van der Waals surface area contributed by atoms with Gasteiger partial charge in [-0.05, 0) is 36.8 Å². The molecule has 0 aliphatic carbocycles. The molecule has 2 aromatic heterocycles. The number of aromatic nitrogens is 1. The number of aliphatic carboxylic acids is 1. The van der Waals surface area contributed by atoms with E-state index in [1.54, 1.807) is 48.2 Å². The highest BCUT2D eigenvalue weighted by Crippen LogP contribution is 2.37. The van der Waals surface area contributed by atoms with Crippen LogP contribution in [-0.2, 0) is 14.3 Å². The van der Waals surface area contributed by atoms with Gasteiger partial charge in [-0.25, -0.2) is 9.78 Å². The van der Waals surface area contributed by atoms with Crippen LogP contribution < -0.4 is 19.3 Å². The second-order valence-electron chi connectivity index (χ2n) is 9.15. The Balaban J connectivity index is 1.56. The summed E-state index contributed by atoms with van der Waals surface area (Å²) in [5, 5.41) is 18.9. The zero-order valence-corrected chi connectivity index (χ0v) is 22.9. The van der Waals surface area contributed by atoms with E-state index in [4.69, 9.17) is 33.3 Å². The van der Waals surface area contributed by atoms with Crippen LogP contribution in [0.25, 0.3) is 22.6 Å². The van der Waals surface area contributed by atoms with Crippen molar-refractivity contribution in [3.63, 3.8) is 0 Å². The van der Waals surface area contributed by atoms with Gasteiger partial charge in [-0.3, -0.25) is 9.59 Å². The first kappa shape index (κ1) is 28.8. The Labute approximate surface area is 234 Å². The number of hydrogen-bond donors (Lipinski definition) is 2. The van der Waals surface area contributed by atoms with E-state index < -0.39 is 17.9 Å². The Kier molecular flexibility index (Phi) is 8.66. The number of hydrogen-bond acceptors (Lipinski definition) is 11. The monoisotopic (exact) mass is 567 g/mol. The zero-order valence-electron chi connectivity index (χ0n) is 22.9. The van der Waals surface area contributed by atoms with Crippen LogP contribution in [0, 0.1) is 6.92 Å². The van der Waals surface area contributed by atoms with Gasteiger partial charge in [0.25, 0.3) is 5.89 Å². The van der Waals surface area contributed by atoms with E-state index in [-0.39, 0.29) is 43.7 Å². The van der Waals surface area contributed by atoms with Gasteiger partial charge in [0.05, 0.1) is 24.7 Å². The number of carboxylic acid groups (broad SMARTS) is 2. The molecule has 0 saturated carbocycles. The number of anilines is 2. The van der Waals surface area contributed by atoms with Crippen LogP contribution in [0.5, 0.6) is 11.5 Å². The summed E-state index contributed by atoms with van der Waals surface area (Å²) in [4.78, 5) is 41.5. The largest absolute Gasteiger partial charge is 0.488 e. The number of esters is 1. The molecule has 0 saturated heterocycles. The number of carbonyl (C=O) groups is 3. The van der Waals surface area contributed by atoms with E-state index >= 15 is 0 Å². The molecule has 2 heterocycles. The van der Waals surface area contributed by atoms with Crippen LogP contribution in [0.3, 0.4) is 0 Å². The van der Waals surface area contributed by atoms with Crippen molar-refractivity contribution in [1.82, 2.24) is 4.98 Å². The topological polar surface area (TPSA) is 165 Å². The highest BCUT2D eigenvalue weighted by Gasteiger charge is 2.20. The number of likely N-dealkylation sites (N-methyl/N-ethyl adjacent to an activating group) is 2. The van der Waals surface area contributed by atoms with E-state index in [0.717, 1.165) is 11.8 Å². The SMILES string of the molecule is COC(=O)CN(C)c1cc2oc(-c3ncc(C(=O)O)o3)cc2cc1OCCOc1cc(C)ccc1N(C)CC(=O)O. The molecule has 0 bridgehead atoms. The van der Waals surface area contributed by atoms with Crippen molar-refractivity contribution in [1.29, 1.82) is 0 Å². The van der Waals surface area contributed by atoms with Gasteiger partial charge in [0.2, 0.25) is 5.76 Å². The number of carboxylic acids is 2. The number of ether oxygens (including phenoxy) is 3. The lowest BCUT2D eigenvalue weighted by Crippen LogP contribution is -2.27. The van der Waals surface area contributed by atoms with Crippen molar-refractivity contribution in [3.05, 3.63) is 53.9 Å². The molecule has 2 N–H and O–H groups in total. The summed E-state index contributed by atoms with van der Waals surface area (Å²) in [7, 11) is 4.65. The summed E-state index contributed by atoms with van der Waals surface area (Å²) in [6, 6.07) is 10.5. The third-order valence-corrected chi connectivity index (χ3v) is 6.03. The molecule has 0 amide bonds. The third-order valence-electron chi connectivity index (χ3n) is 6.03. The Morgan fingerprint density at radius 2 is 1.59 bits per heavy atom. The molecule has 0 radical (unpaired) electrons. The number of nitrogens with zero attached hydrogens (tertiary/aromatic N) is 3. The molecule has 0 fully saturated rings. The molecule has 0 aliphatic rings. The summed E-state index contributed by atoms with van der Waals surface area (Å²) >= 11 is 0. The molecular weight excluding hydrogens is 538 g/mol.